The normalized spacial score (nSPS) is 15.5. The van der Waals surface area contributed by atoms with E-state index < -0.39 is 15.6 Å². The number of nitrogens with one attached hydrogen (secondary N) is 1. The van der Waals surface area contributed by atoms with E-state index in [1.807, 2.05) is 39.0 Å². The number of nitriles is 1. The van der Waals surface area contributed by atoms with Crippen molar-refractivity contribution in [2.75, 3.05) is 24.6 Å². The van der Waals surface area contributed by atoms with Crippen molar-refractivity contribution in [3.63, 3.8) is 0 Å². The zero-order valence-electron chi connectivity index (χ0n) is 23.6. The highest BCUT2D eigenvalue weighted by molar-refractivity contribution is 7.93. The first-order valence-corrected chi connectivity index (χ1v) is 15.8. The Morgan fingerprint density at radius 2 is 1.72 bits per heavy atom. The Bertz CT molecular complexity index is 1490. The Morgan fingerprint density at radius 1 is 1.03 bits per heavy atom. The van der Waals surface area contributed by atoms with E-state index in [-0.39, 0.29) is 10.5 Å². The van der Waals surface area contributed by atoms with Crippen molar-refractivity contribution in [2.24, 2.45) is 0 Å². The second kappa shape index (κ2) is 11.8. The molecule has 0 saturated carbocycles. The molecule has 2 aromatic carbocycles. The Kier molecular flexibility index (Phi) is 8.87. The molecular weight excluding hydrogens is 526 g/mol. The molecule has 0 spiro atoms. The van der Waals surface area contributed by atoms with Crippen molar-refractivity contribution in [2.45, 2.75) is 71.4 Å². The Morgan fingerprint density at radius 3 is 2.41 bits per heavy atom. The first kappa shape index (κ1) is 29.3. The number of fused-ring (bicyclic) bond motifs is 1. The summed E-state index contributed by atoms with van der Waals surface area (Å²) in [6.07, 6.45) is 5.74. The second-order valence-electron chi connectivity index (χ2n) is 11.8. The maximum Gasteiger partial charge on any atom is 0.251 e. The van der Waals surface area contributed by atoms with Gasteiger partial charge in [-0.05, 0) is 113 Å². The summed E-state index contributed by atoms with van der Waals surface area (Å²) in [6, 6.07) is 18.8. The minimum Gasteiger partial charge on any atom is -0.376 e. The Balaban J connectivity index is 1.49. The maximum atomic E-state index is 13.1. The van der Waals surface area contributed by atoms with Gasteiger partial charge >= 0.3 is 0 Å². The molecule has 1 aliphatic heterocycles. The lowest BCUT2D eigenvalue weighted by Gasteiger charge is -2.29. The molecule has 39 heavy (non-hydrogen) atoms. The molecular formula is C31H39N3O3S2. The molecule has 1 saturated heterocycles. The number of hydrogen-bond acceptors (Lipinski definition) is 6. The van der Waals surface area contributed by atoms with Crippen LogP contribution >= 0.6 is 11.3 Å². The third-order valence-electron chi connectivity index (χ3n) is 6.80. The van der Waals surface area contributed by atoms with E-state index >= 15 is 0 Å². The molecule has 4 rings (SSSR count). The van der Waals surface area contributed by atoms with Crippen LogP contribution in [0.4, 0.5) is 5.69 Å². The summed E-state index contributed by atoms with van der Waals surface area (Å²) in [6.45, 7) is 12.1. The van der Waals surface area contributed by atoms with Gasteiger partial charge < -0.3 is 9.64 Å². The van der Waals surface area contributed by atoms with Gasteiger partial charge in [0.05, 0.1) is 5.60 Å². The van der Waals surface area contributed by atoms with Gasteiger partial charge in [0, 0.05) is 40.7 Å². The zero-order chi connectivity index (χ0) is 28.3. The van der Waals surface area contributed by atoms with Crippen molar-refractivity contribution in [1.29, 1.82) is 5.26 Å². The fourth-order valence-corrected chi connectivity index (χ4v) is 7.07. The van der Waals surface area contributed by atoms with Gasteiger partial charge in [-0.15, -0.1) is 11.3 Å². The van der Waals surface area contributed by atoms with Gasteiger partial charge in [0.15, 0.2) is 4.91 Å². The molecule has 1 N–H and O–H groups in total. The third kappa shape index (κ3) is 7.92. The summed E-state index contributed by atoms with van der Waals surface area (Å²) >= 11 is 1.47. The predicted molar refractivity (Wildman–Crippen MR) is 163 cm³/mol. The fourth-order valence-electron chi connectivity index (χ4n) is 4.70. The lowest BCUT2D eigenvalue weighted by atomic mass is 10.0. The monoisotopic (exact) mass is 565 g/mol. The highest BCUT2D eigenvalue weighted by atomic mass is 32.2. The van der Waals surface area contributed by atoms with Crippen LogP contribution in [0.2, 0.25) is 0 Å². The van der Waals surface area contributed by atoms with Gasteiger partial charge in [-0.2, -0.15) is 5.26 Å². The van der Waals surface area contributed by atoms with Crippen LogP contribution in [0.25, 0.3) is 27.3 Å². The topological polar surface area (TPSA) is 82.4 Å². The Labute approximate surface area is 237 Å². The number of ether oxygens (including phenoxy) is 1. The number of thiophene rings is 1. The van der Waals surface area contributed by atoms with Crippen LogP contribution in [-0.4, -0.2) is 39.3 Å². The van der Waals surface area contributed by atoms with E-state index in [1.54, 1.807) is 13.8 Å². The number of hydrogen-bond donors (Lipinski definition) is 1. The molecule has 0 radical (unpaired) electrons. The summed E-state index contributed by atoms with van der Waals surface area (Å²) in [5.74, 6) is 0. The van der Waals surface area contributed by atoms with Gasteiger partial charge in [-0.1, -0.05) is 18.2 Å². The van der Waals surface area contributed by atoms with Crippen LogP contribution in [0, 0.1) is 11.3 Å². The number of nitrogens with zero attached hydrogens (tertiary/aromatic N) is 2. The first-order chi connectivity index (χ1) is 18.4. The third-order valence-corrected chi connectivity index (χ3v) is 9.49. The number of allylic oxidation sites excluding steroid dienone is 1. The van der Waals surface area contributed by atoms with Crippen LogP contribution in [0.1, 0.15) is 65.2 Å². The summed E-state index contributed by atoms with van der Waals surface area (Å²) < 4.78 is 34.6. The number of benzene rings is 2. The van der Waals surface area contributed by atoms with Crippen molar-refractivity contribution >= 4 is 43.9 Å². The van der Waals surface area contributed by atoms with E-state index in [1.165, 1.54) is 53.1 Å². The van der Waals surface area contributed by atoms with Crippen LogP contribution in [0.5, 0.6) is 0 Å². The molecule has 208 valence electrons. The van der Waals surface area contributed by atoms with E-state index in [0.717, 1.165) is 23.5 Å². The molecule has 2 heterocycles. The van der Waals surface area contributed by atoms with E-state index in [9.17, 15) is 13.7 Å². The molecule has 8 heteroatoms. The van der Waals surface area contributed by atoms with Crippen LogP contribution in [-0.2, 0) is 14.8 Å². The standard InChI is InChI=1S/C31H39N3O3S2/c1-30(2,3)37-18-15-31(4,5)33-39(35,36)28(22-32)21-27-13-14-29(38-27)25-10-9-24-20-26(12-11-23(24)19-25)34-16-7-6-8-17-34/h9-14,19-21,33H,6-8,15-18H2,1-5H3/b28-21+. The number of piperidine rings is 1. The van der Waals surface area contributed by atoms with Gasteiger partial charge in [-0.3, -0.25) is 0 Å². The van der Waals surface area contributed by atoms with Gasteiger partial charge in [-0.25, -0.2) is 13.1 Å². The summed E-state index contributed by atoms with van der Waals surface area (Å²) in [7, 11) is -3.99. The summed E-state index contributed by atoms with van der Waals surface area (Å²) in [4.78, 5) is 3.89. The number of sulfonamides is 1. The number of anilines is 1. The van der Waals surface area contributed by atoms with E-state index in [2.05, 4.69) is 46.0 Å². The number of rotatable bonds is 9. The van der Waals surface area contributed by atoms with E-state index in [4.69, 9.17) is 4.74 Å². The van der Waals surface area contributed by atoms with Crippen molar-refractivity contribution in [1.82, 2.24) is 4.72 Å². The second-order valence-corrected chi connectivity index (χ2v) is 14.6. The lowest BCUT2D eigenvalue weighted by Crippen LogP contribution is -2.44. The maximum absolute atomic E-state index is 13.1. The highest BCUT2D eigenvalue weighted by Gasteiger charge is 2.28. The molecule has 1 fully saturated rings. The van der Waals surface area contributed by atoms with Gasteiger partial charge in [0.1, 0.15) is 6.07 Å². The largest absolute Gasteiger partial charge is 0.376 e. The zero-order valence-corrected chi connectivity index (χ0v) is 25.2. The average Bonchev–Trinajstić information content (AvgIpc) is 3.34. The van der Waals surface area contributed by atoms with Crippen LogP contribution < -0.4 is 9.62 Å². The SMILES string of the molecule is CC(C)(CCOC(C)(C)C)NS(=O)(=O)/C(C#N)=C/c1ccc(-c2ccc3cc(N4CCCCC4)ccc3c2)s1. The molecule has 1 aliphatic rings. The quantitative estimate of drug-likeness (QED) is 0.275. The minimum absolute atomic E-state index is 0.301. The lowest BCUT2D eigenvalue weighted by molar-refractivity contribution is -0.0102. The summed E-state index contributed by atoms with van der Waals surface area (Å²) in [5, 5.41) is 12.1. The minimum atomic E-state index is -3.99. The fraction of sp³-hybridized carbons (Fsp3) is 0.452. The summed E-state index contributed by atoms with van der Waals surface area (Å²) in [5.41, 5.74) is 1.28. The van der Waals surface area contributed by atoms with Gasteiger partial charge in [0.2, 0.25) is 0 Å². The molecule has 0 bridgehead atoms. The van der Waals surface area contributed by atoms with E-state index in [0.29, 0.717) is 17.9 Å². The average molecular weight is 566 g/mol. The molecule has 0 aliphatic carbocycles. The first-order valence-electron chi connectivity index (χ1n) is 13.5. The van der Waals surface area contributed by atoms with Crippen molar-refractivity contribution < 1.29 is 13.2 Å². The molecule has 0 amide bonds. The van der Waals surface area contributed by atoms with Gasteiger partial charge in [0.25, 0.3) is 10.0 Å². The molecule has 3 aromatic rings. The van der Waals surface area contributed by atoms with Crippen molar-refractivity contribution in [3.8, 4) is 16.5 Å². The molecule has 1 aromatic heterocycles. The van der Waals surface area contributed by atoms with Crippen LogP contribution in [0.3, 0.4) is 0 Å². The highest BCUT2D eigenvalue weighted by Crippen LogP contribution is 2.33. The predicted octanol–water partition coefficient (Wildman–Crippen LogP) is 7.33. The Hall–Kier alpha value is -2.70. The van der Waals surface area contributed by atoms with Crippen molar-refractivity contribution in [3.05, 3.63) is 58.3 Å². The smallest absolute Gasteiger partial charge is 0.251 e. The molecule has 6 nitrogen and oxygen atoms in total. The molecule has 0 atom stereocenters. The van der Waals surface area contributed by atoms with Crippen LogP contribution in [0.15, 0.2) is 53.4 Å². The molecule has 0 unspecified atom stereocenters.